The van der Waals surface area contributed by atoms with Gasteiger partial charge in [-0.1, -0.05) is 81.4 Å². The number of rotatable bonds is 5. The summed E-state index contributed by atoms with van der Waals surface area (Å²) in [5, 5.41) is 0. The van der Waals surface area contributed by atoms with Gasteiger partial charge < -0.3 is 4.18 Å². The van der Waals surface area contributed by atoms with Gasteiger partial charge in [-0.05, 0) is 34.7 Å². The maximum atomic E-state index is 12.8. The SMILES string of the molecule is CC(C)(C)c1ccc(-c2ccccc2S(=O)(=O)Oc2ccccc2)cc1.COS(=O)(=O)O. The second-order valence-electron chi connectivity index (χ2n) is 7.77. The summed E-state index contributed by atoms with van der Waals surface area (Å²) in [7, 11) is -7.22. The molecule has 0 saturated carbocycles. The van der Waals surface area contributed by atoms with E-state index >= 15 is 0 Å². The second kappa shape index (κ2) is 10.3. The van der Waals surface area contributed by atoms with E-state index in [1.165, 1.54) is 5.56 Å². The molecule has 172 valence electrons. The highest BCUT2D eigenvalue weighted by Crippen LogP contribution is 2.31. The summed E-state index contributed by atoms with van der Waals surface area (Å²) in [5.41, 5.74) is 2.71. The molecule has 32 heavy (non-hydrogen) atoms. The van der Waals surface area contributed by atoms with E-state index in [0.717, 1.165) is 12.7 Å². The summed E-state index contributed by atoms with van der Waals surface area (Å²) < 4.78 is 60.6. The predicted octanol–water partition coefficient (Wildman–Crippen LogP) is 4.85. The molecule has 0 saturated heterocycles. The molecule has 0 spiro atoms. The van der Waals surface area contributed by atoms with E-state index in [9.17, 15) is 16.8 Å². The van der Waals surface area contributed by atoms with Crippen LogP contribution < -0.4 is 4.18 Å². The molecule has 0 aliphatic carbocycles. The lowest BCUT2D eigenvalue weighted by atomic mass is 9.86. The van der Waals surface area contributed by atoms with E-state index in [-0.39, 0.29) is 10.3 Å². The summed E-state index contributed by atoms with van der Waals surface area (Å²) in [6, 6.07) is 23.4. The maximum absolute atomic E-state index is 12.8. The maximum Gasteiger partial charge on any atom is 0.397 e. The van der Waals surface area contributed by atoms with Gasteiger partial charge in [-0.25, -0.2) is 0 Å². The molecule has 0 bridgehead atoms. The molecule has 3 aromatic rings. The Hall–Kier alpha value is -2.72. The van der Waals surface area contributed by atoms with Gasteiger partial charge in [0.2, 0.25) is 0 Å². The summed E-state index contributed by atoms with van der Waals surface area (Å²) >= 11 is 0. The number of para-hydroxylation sites is 1. The first-order valence-electron chi connectivity index (χ1n) is 9.56. The minimum atomic E-state index is -4.16. The van der Waals surface area contributed by atoms with Gasteiger partial charge in [0.25, 0.3) is 0 Å². The molecule has 0 atom stereocenters. The van der Waals surface area contributed by atoms with Gasteiger partial charge in [-0.2, -0.15) is 16.8 Å². The van der Waals surface area contributed by atoms with Gasteiger partial charge in [0.15, 0.2) is 0 Å². The second-order valence-corrected chi connectivity index (χ2v) is 10.5. The van der Waals surface area contributed by atoms with Crippen LogP contribution in [-0.4, -0.2) is 28.5 Å². The minimum absolute atomic E-state index is 0.0422. The Morgan fingerprint density at radius 2 is 1.25 bits per heavy atom. The molecular formula is C23H26O7S2. The van der Waals surface area contributed by atoms with Crippen molar-refractivity contribution in [2.75, 3.05) is 7.11 Å². The van der Waals surface area contributed by atoms with Crippen LogP contribution in [0.3, 0.4) is 0 Å². The monoisotopic (exact) mass is 478 g/mol. The minimum Gasteiger partial charge on any atom is -0.379 e. The zero-order chi connectivity index (χ0) is 24.0. The first kappa shape index (κ1) is 25.5. The highest BCUT2D eigenvalue weighted by atomic mass is 32.3. The average Bonchev–Trinajstić information content (AvgIpc) is 2.74. The van der Waals surface area contributed by atoms with Crippen LogP contribution in [0.15, 0.2) is 83.8 Å². The van der Waals surface area contributed by atoms with Gasteiger partial charge in [0, 0.05) is 5.56 Å². The lowest BCUT2D eigenvalue weighted by molar-refractivity contribution is 0.324. The Labute approximate surface area is 189 Å². The van der Waals surface area contributed by atoms with Crippen LogP contribution in [0.4, 0.5) is 0 Å². The standard InChI is InChI=1S/C22H22O3S.CH4O4S/c1-22(2,3)18-15-13-17(14-16-18)20-11-7-8-12-21(20)26(23,24)25-19-9-5-4-6-10-19;1-5-6(2,3)4/h4-16H,1-3H3;1H3,(H,2,3,4). The van der Waals surface area contributed by atoms with E-state index in [2.05, 4.69) is 25.0 Å². The Balaban J connectivity index is 0.000000534. The third-order valence-corrected chi connectivity index (χ3v) is 6.11. The molecule has 7 nitrogen and oxygen atoms in total. The number of hydrogen-bond acceptors (Lipinski definition) is 6. The van der Waals surface area contributed by atoms with E-state index in [1.807, 2.05) is 36.4 Å². The van der Waals surface area contributed by atoms with Crippen molar-refractivity contribution in [1.29, 1.82) is 0 Å². The Bertz CT molecular complexity index is 1230. The van der Waals surface area contributed by atoms with E-state index < -0.39 is 20.5 Å². The highest BCUT2D eigenvalue weighted by molar-refractivity contribution is 7.87. The fraction of sp³-hybridized carbons (Fsp3) is 0.217. The molecule has 3 aromatic carbocycles. The van der Waals surface area contributed by atoms with E-state index in [4.69, 9.17) is 8.74 Å². The Kier molecular flexibility index (Phi) is 8.19. The fourth-order valence-corrected chi connectivity index (χ4v) is 3.88. The molecule has 0 unspecified atom stereocenters. The molecule has 0 aromatic heterocycles. The quantitative estimate of drug-likeness (QED) is 0.412. The van der Waals surface area contributed by atoms with Gasteiger partial charge >= 0.3 is 20.5 Å². The zero-order valence-electron chi connectivity index (χ0n) is 18.2. The first-order chi connectivity index (χ1) is 14.8. The van der Waals surface area contributed by atoms with Crippen molar-refractivity contribution < 1.29 is 29.8 Å². The first-order valence-corrected chi connectivity index (χ1v) is 12.3. The van der Waals surface area contributed by atoms with Crippen LogP contribution >= 0.6 is 0 Å². The molecule has 0 aliphatic heterocycles. The largest absolute Gasteiger partial charge is 0.397 e. The zero-order valence-corrected chi connectivity index (χ0v) is 19.9. The lowest BCUT2D eigenvalue weighted by Gasteiger charge is -2.19. The van der Waals surface area contributed by atoms with Crippen LogP contribution in [0.2, 0.25) is 0 Å². The Morgan fingerprint density at radius 3 is 1.75 bits per heavy atom. The third kappa shape index (κ3) is 7.45. The van der Waals surface area contributed by atoms with Gasteiger partial charge in [0.05, 0.1) is 7.11 Å². The third-order valence-electron chi connectivity index (χ3n) is 4.38. The fourth-order valence-electron chi connectivity index (χ4n) is 2.72. The van der Waals surface area contributed by atoms with Crippen molar-refractivity contribution in [2.45, 2.75) is 31.1 Å². The summed E-state index contributed by atoms with van der Waals surface area (Å²) in [5.74, 6) is 0.297. The van der Waals surface area contributed by atoms with Gasteiger partial charge in [-0.15, -0.1) is 0 Å². The molecule has 0 heterocycles. The molecule has 0 amide bonds. The van der Waals surface area contributed by atoms with Crippen LogP contribution in [-0.2, 0) is 30.1 Å². The lowest BCUT2D eigenvalue weighted by Crippen LogP contribution is -2.12. The van der Waals surface area contributed by atoms with Crippen molar-refractivity contribution >= 4 is 20.5 Å². The summed E-state index contributed by atoms with van der Waals surface area (Å²) in [4.78, 5) is 0.160. The topological polar surface area (TPSA) is 107 Å². The Morgan fingerprint density at radius 1 is 0.750 bits per heavy atom. The van der Waals surface area contributed by atoms with Crippen molar-refractivity contribution in [3.05, 3.63) is 84.4 Å². The number of hydrogen-bond donors (Lipinski definition) is 1. The number of benzene rings is 3. The normalized spacial score (nSPS) is 11.9. The van der Waals surface area contributed by atoms with Crippen LogP contribution in [0.1, 0.15) is 26.3 Å². The summed E-state index contributed by atoms with van der Waals surface area (Å²) in [6.45, 7) is 6.44. The van der Waals surface area contributed by atoms with Crippen LogP contribution in [0, 0.1) is 0 Å². The van der Waals surface area contributed by atoms with E-state index in [1.54, 1.807) is 42.5 Å². The van der Waals surface area contributed by atoms with Crippen LogP contribution in [0.5, 0.6) is 5.75 Å². The molecule has 0 aliphatic rings. The van der Waals surface area contributed by atoms with Crippen molar-refractivity contribution in [3.63, 3.8) is 0 Å². The summed E-state index contributed by atoms with van der Waals surface area (Å²) in [6.07, 6.45) is 0. The predicted molar refractivity (Wildman–Crippen MR) is 123 cm³/mol. The van der Waals surface area contributed by atoms with Gasteiger partial charge in [0.1, 0.15) is 10.6 Å². The van der Waals surface area contributed by atoms with Crippen molar-refractivity contribution in [1.82, 2.24) is 0 Å². The molecular weight excluding hydrogens is 452 g/mol. The average molecular weight is 479 g/mol. The van der Waals surface area contributed by atoms with Crippen molar-refractivity contribution in [2.24, 2.45) is 0 Å². The highest BCUT2D eigenvalue weighted by Gasteiger charge is 2.22. The van der Waals surface area contributed by atoms with Crippen LogP contribution in [0.25, 0.3) is 11.1 Å². The van der Waals surface area contributed by atoms with Gasteiger partial charge in [-0.3, -0.25) is 8.74 Å². The molecule has 9 heteroatoms. The molecule has 1 N–H and O–H groups in total. The van der Waals surface area contributed by atoms with E-state index in [0.29, 0.717) is 11.3 Å². The van der Waals surface area contributed by atoms with Crippen molar-refractivity contribution in [3.8, 4) is 16.9 Å². The molecule has 0 fully saturated rings. The smallest absolute Gasteiger partial charge is 0.379 e. The molecule has 3 rings (SSSR count). The molecule has 0 radical (unpaired) electrons.